The Morgan fingerprint density at radius 1 is 1.06 bits per heavy atom. The molecule has 0 unspecified atom stereocenters. The van der Waals surface area contributed by atoms with Crippen molar-refractivity contribution >= 4 is 13.3 Å². The van der Waals surface area contributed by atoms with Crippen molar-refractivity contribution in [2.45, 2.75) is 38.7 Å². The van der Waals surface area contributed by atoms with E-state index in [0.717, 1.165) is 19.1 Å². The highest BCUT2D eigenvalue weighted by molar-refractivity contribution is 6.32. The maximum Gasteiger partial charge on any atom is 0.139 e. The minimum atomic E-state index is 0.775. The maximum atomic E-state index is 5.80. The lowest BCUT2D eigenvalue weighted by Gasteiger charge is -2.21. The Hall–Kier alpha value is -0.755. The van der Waals surface area contributed by atoms with Gasteiger partial charge in [-0.05, 0) is 24.3 Å². The molecule has 0 amide bonds. The number of ether oxygens (including phenoxy) is 1. The summed E-state index contributed by atoms with van der Waals surface area (Å²) in [5, 5.41) is 0. The first-order valence-electron chi connectivity index (χ1n) is 6.48. The molecule has 1 saturated carbocycles. The van der Waals surface area contributed by atoms with Gasteiger partial charge in [0.1, 0.15) is 7.85 Å². The Balaban J connectivity index is 1.69. The topological polar surface area (TPSA) is 9.23 Å². The SMILES string of the molecule is Bc1ccc(COCC2CCCCC2)cc1. The highest BCUT2D eigenvalue weighted by Gasteiger charge is 2.12. The second-order valence-electron chi connectivity index (χ2n) is 5.00. The Morgan fingerprint density at radius 2 is 1.75 bits per heavy atom. The second kappa shape index (κ2) is 6.10. The standard InChI is InChI=1S/C14H21BO/c15-14-8-6-13(7-9-14)11-16-10-12-4-2-1-3-5-12/h6-9,12H,1-5,10-11,15H2. The molecule has 1 fully saturated rings. The van der Waals surface area contributed by atoms with Gasteiger partial charge in [-0.1, -0.05) is 49.0 Å². The van der Waals surface area contributed by atoms with E-state index in [2.05, 4.69) is 32.1 Å². The van der Waals surface area contributed by atoms with Crippen LogP contribution in [0.25, 0.3) is 0 Å². The predicted molar refractivity (Wildman–Crippen MR) is 70.9 cm³/mol. The molecule has 0 atom stereocenters. The first kappa shape index (κ1) is 11.7. The molecule has 86 valence electrons. The fraction of sp³-hybridized carbons (Fsp3) is 0.571. The Kier molecular flexibility index (Phi) is 4.47. The van der Waals surface area contributed by atoms with Gasteiger partial charge in [-0.15, -0.1) is 0 Å². The number of hydrogen-bond donors (Lipinski definition) is 0. The largest absolute Gasteiger partial charge is 0.376 e. The van der Waals surface area contributed by atoms with Crippen molar-refractivity contribution in [3.8, 4) is 0 Å². The highest BCUT2D eigenvalue weighted by atomic mass is 16.5. The van der Waals surface area contributed by atoms with Gasteiger partial charge in [0.2, 0.25) is 0 Å². The van der Waals surface area contributed by atoms with Gasteiger partial charge in [-0.25, -0.2) is 0 Å². The summed E-state index contributed by atoms with van der Waals surface area (Å²) in [4.78, 5) is 0. The van der Waals surface area contributed by atoms with Gasteiger partial charge < -0.3 is 4.74 Å². The van der Waals surface area contributed by atoms with E-state index in [1.165, 1.54) is 43.1 Å². The van der Waals surface area contributed by atoms with Crippen molar-refractivity contribution in [2.75, 3.05) is 6.61 Å². The fourth-order valence-corrected chi connectivity index (χ4v) is 2.38. The summed E-state index contributed by atoms with van der Waals surface area (Å²) in [7, 11) is 2.12. The van der Waals surface area contributed by atoms with Crippen LogP contribution in [0.15, 0.2) is 24.3 Å². The van der Waals surface area contributed by atoms with Crippen LogP contribution in [0.1, 0.15) is 37.7 Å². The lowest BCUT2D eigenvalue weighted by Crippen LogP contribution is -2.13. The average Bonchev–Trinajstić information content (AvgIpc) is 2.33. The molecule has 0 aromatic heterocycles. The van der Waals surface area contributed by atoms with E-state index >= 15 is 0 Å². The smallest absolute Gasteiger partial charge is 0.139 e. The molecule has 0 N–H and O–H groups in total. The Bertz CT molecular complexity index is 301. The molecule has 1 aliphatic carbocycles. The molecule has 1 aromatic carbocycles. The fourth-order valence-electron chi connectivity index (χ4n) is 2.38. The summed E-state index contributed by atoms with van der Waals surface area (Å²) in [5.74, 6) is 0.819. The molecular formula is C14H21BO. The van der Waals surface area contributed by atoms with E-state index in [0.29, 0.717) is 0 Å². The molecule has 0 aliphatic heterocycles. The summed E-state index contributed by atoms with van der Waals surface area (Å²) in [6, 6.07) is 8.63. The predicted octanol–water partition coefficient (Wildman–Crippen LogP) is 2.04. The van der Waals surface area contributed by atoms with E-state index in [1.54, 1.807) is 0 Å². The first-order chi connectivity index (χ1) is 7.84. The molecule has 0 heterocycles. The number of hydrogen-bond acceptors (Lipinski definition) is 1. The van der Waals surface area contributed by atoms with Crippen molar-refractivity contribution in [3.05, 3.63) is 29.8 Å². The maximum absolute atomic E-state index is 5.80. The van der Waals surface area contributed by atoms with Gasteiger partial charge in [-0.3, -0.25) is 0 Å². The van der Waals surface area contributed by atoms with Gasteiger partial charge >= 0.3 is 0 Å². The van der Waals surface area contributed by atoms with Crippen molar-refractivity contribution < 1.29 is 4.74 Å². The molecule has 0 radical (unpaired) electrons. The van der Waals surface area contributed by atoms with Crippen molar-refractivity contribution in [3.63, 3.8) is 0 Å². The van der Waals surface area contributed by atoms with Crippen LogP contribution in [0.2, 0.25) is 0 Å². The van der Waals surface area contributed by atoms with E-state index in [1.807, 2.05) is 0 Å². The zero-order chi connectivity index (χ0) is 11.2. The van der Waals surface area contributed by atoms with Crippen LogP contribution in [0.5, 0.6) is 0 Å². The third-order valence-electron chi connectivity index (χ3n) is 3.47. The van der Waals surface area contributed by atoms with E-state index in [-0.39, 0.29) is 0 Å². The van der Waals surface area contributed by atoms with Gasteiger partial charge in [0, 0.05) is 6.61 Å². The molecular weight excluding hydrogens is 195 g/mol. The molecule has 1 nitrogen and oxygen atoms in total. The quantitative estimate of drug-likeness (QED) is 0.700. The van der Waals surface area contributed by atoms with Crippen LogP contribution < -0.4 is 5.46 Å². The molecule has 1 aliphatic rings. The van der Waals surface area contributed by atoms with Crippen LogP contribution >= 0.6 is 0 Å². The molecule has 2 rings (SSSR count). The summed E-state index contributed by atoms with van der Waals surface area (Å²) >= 11 is 0. The molecule has 16 heavy (non-hydrogen) atoms. The summed E-state index contributed by atoms with van der Waals surface area (Å²) < 4.78 is 5.80. The van der Waals surface area contributed by atoms with Gasteiger partial charge in [0.25, 0.3) is 0 Å². The number of rotatable bonds is 4. The van der Waals surface area contributed by atoms with E-state index < -0.39 is 0 Å². The average molecular weight is 216 g/mol. The van der Waals surface area contributed by atoms with Crippen molar-refractivity contribution in [1.82, 2.24) is 0 Å². The van der Waals surface area contributed by atoms with Gasteiger partial charge in [0.05, 0.1) is 6.61 Å². The van der Waals surface area contributed by atoms with Crippen molar-refractivity contribution in [1.29, 1.82) is 0 Å². The first-order valence-corrected chi connectivity index (χ1v) is 6.48. The van der Waals surface area contributed by atoms with Crippen LogP contribution in [0, 0.1) is 5.92 Å². The minimum Gasteiger partial charge on any atom is -0.376 e. The lowest BCUT2D eigenvalue weighted by molar-refractivity contribution is 0.0739. The monoisotopic (exact) mass is 216 g/mol. The molecule has 0 bridgehead atoms. The Labute approximate surface area is 99.6 Å². The molecule has 0 saturated heterocycles. The van der Waals surface area contributed by atoms with Crippen LogP contribution in [-0.2, 0) is 11.3 Å². The molecule has 2 heteroatoms. The zero-order valence-corrected chi connectivity index (χ0v) is 10.2. The summed E-state index contributed by atoms with van der Waals surface area (Å²) in [6.07, 6.45) is 6.97. The number of benzene rings is 1. The van der Waals surface area contributed by atoms with Crippen LogP contribution in [0.3, 0.4) is 0 Å². The van der Waals surface area contributed by atoms with E-state index in [4.69, 9.17) is 4.74 Å². The molecule has 1 aromatic rings. The van der Waals surface area contributed by atoms with Crippen LogP contribution in [0.4, 0.5) is 0 Å². The third-order valence-corrected chi connectivity index (χ3v) is 3.47. The molecule has 0 spiro atoms. The zero-order valence-electron chi connectivity index (χ0n) is 10.2. The van der Waals surface area contributed by atoms with Crippen LogP contribution in [-0.4, -0.2) is 14.5 Å². The van der Waals surface area contributed by atoms with Gasteiger partial charge in [-0.2, -0.15) is 0 Å². The van der Waals surface area contributed by atoms with Gasteiger partial charge in [0.15, 0.2) is 0 Å². The minimum absolute atomic E-state index is 0.775. The lowest BCUT2D eigenvalue weighted by atomic mass is 9.90. The summed E-state index contributed by atoms with van der Waals surface area (Å²) in [5.41, 5.74) is 2.61. The highest BCUT2D eigenvalue weighted by Crippen LogP contribution is 2.23. The Morgan fingerprint density at radius 3 is 2.44 bits per heavy atom. The normalized spacial score (nSPS) is 17.5. The van der Waals surface area contributed by atoms with Crippen molar-refractivity contribution in [2.24, 2.45) is 5.92 Å². The summed E-state index contributed by atoms with van der Waals surface area (Å²) in [6.45, 7) is 1.73. The third kappa shape index (κ3) is 3.68. The van der Waals surface area contributed by atoms with E-state index in [9.17, 15) is 0 Å². The second-order valence-corrected chi connectivity index (χ2v) is 5.00.